The molecule has 390 valence electrons. The molecule has 2 atom stereocenters. The van der Waals surface area contributed by atoms with Crippen LogP contribution in [0.2, 0.25) is 0 Å². The highest BCUT2D eigenvalue weighted by Crippen LogP contribution is 2.16. The van der Waals surface area contributed by atoms with Crippen LogP contribution in [0.1, 0.15) is 213 Å². The molecular formula is C59H102NO8+. The number of likely N-dealkylation sites (N-methyl/N-ethyl adjacent to an activating group) is 1. The number of rotatable bonds is 49. The van der Waals surface area contributed by atoms with Gasteiger partial charge in [-0.15, -0.1) is 0 Å². The van der Waals surface area contributed by atoms with Crippen molar-refractivity contribution in [3.05, 3.63) is 85.1 Å². The Morgan fingerprint density at radius 2 is 0.838 bits per heavy atom. The van der Waals surface area contributed by atoms with Gasteiger partial charge in [0.05, 0.1) is 34.4 Å². The minimum absolute atomic E-state index is 0.174. The Morgan fingerprint density at radius 3 is 1.24 bits per heavy atom. The van der Waals surface area contributed by atoms with Crippen molar-refractivity contribution in [2.24, 2.45) is 0 Å². The van der Waals surface area contributed by atoms with Crippen LogP contribution in [0.15, 0.2) is 85.1 Å². The van der Waals surface area contributed by atoms with Gasteiger partial charge in [-0.1, -0.05) is 221 Å². The maximum atomic E-state index is 12.8. The molecule has 68 heavy (non-hydrogen) atoms. The molecule has 2 unspecified atom stereocenters. The second-order valence-corrected chi connectivity index (χ2v) is 19.2. The number of nitrogens with zero attached hydrogens (tertiary/aromatic N) is 1. The topological polar surface area (TPSA) is 108 Å². The number of quaternary nitrogens is 1. The molecule has 0 rings (SSSR count). The summed E-state index contributed by atoms with van der Waals surface area (Å²) in [4.78, 5) is 37.3. The van der Waals surface area contributed by atoms with Gasteiger partial charge in [0.2, 0.25) is 0 Å². The van der Waals surface area contributed by atoms with Gasteiger partial charge in [0.15, 0.2) is 6.10 Å². The first-order valence-corrected chi connectivity index (χ1v) is 27.3. The summed E-state index contributed by atoms with van der Waals surface area (Å²) in [5, 5.41) is 9.68. The number of ether oxygens (including phenoxy) is 4. The Balaban J connectivity index is 4.41. The second kappa shape index (κ2) is 49.9. The Bertz CT molecular complexity index is 1390. The summed E-state index contributed by atoms with van der Waals surface area (Å²) in [6, 6.07) is 0. The Labute approximate surface area is 417 Å². The van der Waals surface area contributed by atoms with Crippen LogP contribution >= 0.6 is 0 Å². The number of allylic oxidation sites excluding steroid dienone is 14. The van der Waals surface area contributed by atoms with Crippen molar-refractivity contribution in [3.63, 3.8) is 0 Å². The van der Waals surface area contributed by atoms with E-state index >= 15 is 0 Å². The van der Waals surface area contributed by atoms with Crippen molar-refractivity contribution in [2.45, 2.75) is 225 Å². The van der Waals surface area contributed by atoms with E-state index < -0.39 is 24.3 Å². The first kappa shape index (κ1) is 64.5. The van der Waals surface area contributed by atoms with Crippen LogP contribution in [0.4, 0.5) is 0 Å². The van der Waals surface area contributed by atoms with Gasteiger partial charge in [0.1, 0.15) is 13.2 Å². The second-order valence-electron chi connectivity index (χ2n) is 19.2. The van der Waals surface area contributed by atoms with Crippen LogP contribution < -0.4 is 0 Å². The molecule has 9 nitrogen and oxygen atoms in total. The summed E-state index contributed by atoms with van der Waals surface area (Å²) < 4.78 is 22.8. The first-order valence-electron chi connectivity index (χ1n) is 27.3. The number of unbranched alkanes of at least 4 members (excludes halogenated alkanes) is 20. The lowest BCUT2D eigenvalue weighted by Gasteiger charge is -2.25. The van der Waals surface area contributed by atoms with E-state index in [0.717, 1.165) is 64.2 Å². The third-order valence-corrected chi connectivity index (χ3v) is 11.4. The van der Waals surface area contributed by atoms with E-state index in [0.29, 0.717) is 23.9 Å². The fraction of sp³-hybridized carbons (Fsp3) is 0.712. The smallest absolute Gasteiger partial charge is 0.361 e. The molecule has 0 aliphatic carbocycles. The maximum Gasteiger partial charge on any atom is 0.361 e. The Kier molecular flexibility index (Phi) is 47.3. The Hall–Kier alpha value is -3.53. The number of aliphatic carboxylic acids is 1. The lowest BCUT2D eigenvalue weighted by atomic mass is 10.0. The van der Waals surface area contributed by atoms with Gasteiger partial charge in [-0.3, -0.25) is 9.59 Å². The lowest BCUT2D eigenvalue weighted by Crippen LogP contribution is -2.40. The van der Waals surface area contributed by atoms with Crippen LogP contribution in [-0.2, 0) is 33.3 Å². The van der Waals surface area contributed by atoms with Crippen LogP contribution in [0.5, 0.6) is 0 Å². The molecule has 0 fully saturated rings. The largest absolute Gasteiger partial charge is 0.477 e. The van der Waals surface area contributed by atoms with Gasteiger partial charge in [-0.2, -0.15) is 0 Å². The van der Waals surface area contributed by atoms with Crippen molar-refractivity contribution >= 4 is 17.9 Å². The average Bonchev–Trinajstić information content (AvgIpc) is 3.30. The molecule has 0 aromatic carbocycles. The van der Waals surface area contributed by atoms with Crippen molar-refractivity contribution in [1.82, 2.24) is 0 Å². The predicted molar refractivity (Wildman–Crippen MR) is 286 cm³/mol. The number of carbonyl (C=O) groups is 3. The van der Waals surface area contributed by atoms with Crippen LogP contribution in [-0.4, -0.2) is 87.4 Å². The molecule has 0 amide bonds. The highest BCUT2D eigenvalue weighted by molar-refractivity contribution is 5.71. The van der Waals surface area contributed by atoms with Crippen molar-refractivity contribution in [2.75, 3.05) is 47.5 Å². The fourth-order valence-electron chi connectivity index (χ4n) is 7.24. The zero-order valence-electron chi connectivity index (χ0n) is 44.2. The third-order valence-electron chi connectivity index (χ3n) is 11.4. The summed E-state index contributed by atoms with van der Waals surface area (Å²) in [6.07, 6.45) is 62.3. The van der Waals surface area contributed by atoms with Gasteiger partial charge >= 0.3 is 17.9 Å². The van der Waals surface area contributed by atoms with E-state index in [1.165, 1.54) is 109 Å². The fourth-order valence-corrected chi connectivity index (χ4v) is 7.24. The molecule has 9 heteroatoms. The van der Waals surface area contributed by atoms with Crippen LogP contribution in [0.3, 0.4) is 0 Å². The Morgan fingerprint density at radius 1 is 0.456 bits per heavy atom. The quantitative estimate of drug-likeness (QED) is 0.0211. The van der Waals surface area contributed by atoms with Gasteiger partial charge in [-0.05, 0) is 64.2 Å². The summed E-state index contributed by atoms with van der Waals surface area (Å²) in [5.41, 5.74) is 0. The third kappa shape index (κ3) is 50.3. The molecule has 0 aliphatic heterocycles. The minimum Gasteiger partial charge on any atom is -0.477 e. The van der Waals surface area contributed by atoms with Crippen LogP contribution in [0, 0.1) is 0 Å². The predicted octanol–water partition coefficient (Wildman–Crippen LogP) is 15.6. The molecule has 0 aromatic rings. The first-order chi connectivity index (χ1) is 33.1. The number of hydrogen-bond donors (Lipinski definition) is 1. The van der Waals surface area contributed by atoms with Gasteiger partial charge in [-0.25, -0.2) is 4.79 Å². The van der Waals surface area contributed by atoms with Gasteiger partial charge < -0.3 is 28.5 Å². The standard InChI is InChI=1S/C59H101NO8/c1-6-8-10-12-14-16-18-20-22-24-26-28-29-30-32-34-36-38-40-42-44-46-48-50-57(62)68-55(54-67-59(58(63)64)65-52-51-60(3,4)5)53-66-56(61)49-47-45-43-41-39-37-35-33-31-27-25-23-21-19-17-15-13-11-9-7-2/h8,10,14,16,20,22,26,28,30,32,36,38,42,44,55,59H,6-7,9,11-13,15,17-19,21,23-25,27,29,31,33-35,37,39-41,43,45-54H2,1-5H3/p+1/b10-8-,16-14-,22-20-,28-26-,32-30-,38-36-,44-42-. The number of carboxylic acid groups (broad SMARTS) is 1. The zero-order valence-corrected chi connectivity index (χ0v) is 44.2. The van der Waals surface area contributed by atoms with Crippen molar-refractivity contribution in [3.8, 4) is 0 Å². The highest BCUT2D eigenvalue weighted by Gasteiger charge is 2.25. The van der Waals surface area contributed by atoms with E-state index in [9.17, 15) is 19.5 Å². The van der Waals surface area contributed by atoms with Gasteiger partial charge in [0, 0.05) is 12.8 Å². The van der Waals surface area contributed by atoms with E-state index in [4.69, 9.17) is 18.9 Å². The average molecular weight is 953 g/mol. The van der Waals surface area contributed by atoms with E-state index in [1.54, 1.807) is 0 Å². The van der Waals surface area contributed by atoms with Crippen LogP contribution in [0.25, 0.3) is 0 Å². The molecule has 0 heterocycles. The SMILES string of the molecule is CC/C=C\C/C=C\C/C=C\C/C=C\C/C=C\C/C=C\C/C=C\CCCC(=O)OC(COC(=O)CCCCCCCCCCCCCCCCCCCCCC)COC(OCC[N+](C)(C)C)C(=O)O. The van der Waals surface area contributed by atoms with E-state index in [1.807, 2.05) is 21.1 Å². The monoisotopic (exact) mass is 953 g/mol. The lowest BCUT2D eigenvalue weighted by molar-refractivity contribution is -0.870. The summed E-state index contributed by atoms with van der Waals surface area (Å²) in [7, 11) is 5.94. The number of carboxylic acids is 1. The highest BCUT2D eigenvalue weighted by atomic mass is 16.7. The molecule has 0 spiro atoms. The van der Waals surface area contributed by atoms with Crippen molar-refractivity contribution in [1.29, 1.82) is 0 Å². The number of esters is 2. The molecule has 0 saturated carbocycles. The normalized spacial score (nSPS) is 13.5. The summed E-state index contributed by atoms with van der Waals surface area (Å²) >= 11 is 0. The molecule has 0 aliphatic rings. The van der Waals surface area contributed by atoms with Gasteiger partial charge in [0.25, 0.3) is 6.29 Å². The summed E-state index contributed by atoms with van der Waals surface area (Å²) in [6.45, 7) is 4.70. The molecule has 0 bridgehead atoms. The molecule has 0 saturated heterocycles. The minimum atomic E-state index is -1.53. The number of carbonyl (C=O) groups excluding carboxylic acids is 2. The van der Waals surface area contributed by atoms with E-state index in [2.05, 4.69) is 98.9 Å². The zero-order chi connectivity index (χ0) is 49.9. The maximum absolute atomic E-state index is 12.8. The molecule has 0 radical (unpaired) electrons. The molecular weight excluding hydrogens is 851 g/mol. The summed E-state index contributed by atoms with van der Waals surface area (Å²) in [5.74, 6) is -2.09. The molecule has 0 aromatic heterocycles. The number of hydrogen-bond acceptors (Lipinski definition) is 7. The molecule has 1 N–H and O–H groups in total. The van der Waals surface area contributed by atoms with E-state index in [-0.39, 0.29) is 38.6 Å². The van der Waals surface area contributed by atoms with Crippen molar-refractivity contribution < 1.29 is 42.9 Å².